The minimum Gasteiger partial charge on any atom is -0.365 e. The summed E-state index contributed by atoms with van der Waals surface area (Å²) in [5.74, 6) is 0. The van der Waals surface area contributed by atoms with Crippen LogP contribution in [-0.4, -0.2) is 19.9 Å². The van der Waals surface area contributed by atoms with E-state index in [0.717, 1.165) is 40.3 Å². The zero-order valence-electron chi connectivity index (χ0n) is 16.4. The quantitative estimate of drug-likeness (QED) is 0.414. The molecule has 0 saturated carbocycles. The molecule has 0 fully saturated rings. The number of hydrogen-bond acceptors (Lipinski definition) is 3. The van der Waals surface area contributed by atoms with Gasteiger partial charge in [0.1, 0.15) is 0 Å². The van der Waals surface area contributed by atoms with E-state index in [0.29, 0.717) is 0 Å². The number of rotatable bonds is 5. The normalized spacial score (nSPS) is 10.8. The van der Waals surface area contributed by atoms with Crippen LogP contribution in [0.15, 0.2) is 104 Å². The monoisotopic (exact) mass is 388 g/mol. The van der Waals surface area contributed by atoms with E-state index < -0.39 is 0 Å². The van der Waals surface area contributed by atoms with Crippen molar-refractivity contribution in [1.29, 1.82) is 0 Å². The molecule has 1 N–H and O–H groups in total. The Morgan fingerprint density at radius 3 is 1.80 bits per heavy atom. The van der Waals surface area contributed by atoms with Crippen LogP contribution in [-0.2, 0) is 6.42 Å². The summed E-state index contributed by atoms with van der Waals surface area (Å²) in [6.45, 7) is 0. The van der Waals surface area contributed by atoms with E-state index in [4.69, 9.17) is 4.98 Å². The number of nitrogens with zero attached hydrogens (tertiary/aromatic N) is 3. The highest BCUT2D eigenvalue weighted by Crippen LogP contribution is 2.29. The summed E-state index contributed by atoms with van der Waals surface area (Å²) in [6.07, 6.45) is 6.43. The summed E-state index contributed by atoms with van der Waals surface area (Å²) < 4.78 is 0. The summed E-state index contributed by atoms with van der Waals surface area (Å²) in [7, 11) is 0. The molecule has 0 unspecified atom stereocenters. The number of pyridine rings is 3. The molecular weight excluding hydrogens is 368 g/mol. The van der Waals surface area contributed by atoms with Gasteiger partial charge in [-0.15, -0.1) is 0 Å². The lowest BCUT2D eigenvalue weighted by molar-refractivity contribution is 1.11. The molecule has 1 aromatic carbocycles. The van der Waals surface area contributed by atoms with Crippen LogP contribution in [0.3, 0.4) is 0 Å². The Balaban J connectivity index is 1.55. The first-order valence-electron chi connectivity index (χ1n) is 9.92. The van der Waals surface area contributed by atoms with Gasteiger partial charge in [-0.2, -0.15) is 0 Å². The second-order valence-corrected chi connectivity index (χ2v) is 7.13. The first-order chi connectivity index (χ1) is 14.8. The van der Waals surface area contributed by atoms with Crippen molar-refractivity contribution < 1.29 is 0 Å². The molecular formula is C26H20N4. The maximum Gasteiger partial charge on any atom is 0.0900 e. The molecule has 4 heteroatoms. The number of benzene rings is 1. The second-order valence-electron chi connectivity index (χ2n) is 7.13. The van der Waals surface area contributed by atoms with Crippen molar-refractivity contribution in [3.8, 4) is 33.9 Å². The molecule has 5 rings (SSSR count). The average molecular weight is 388 g/mol. The second kappa shape index (κ2) is 8.13. The number of aromatic amines is 1. The molecule has 0 atom stereocenters. The average Bonchev–Trinajstić information content (AvgIpc) is 3.33. The fourth-order valence-electron chi connectivity index (χ4n) is 3.50. The number of aromatic nitrogens is 4. The van der Waals surface area contributed by atoms with Crippen molar-refractivity contribution in [2.75, 3.05) is 0 Å². The Hall–Kier alpha value is -4.05. The van der Waals surface area contributed by atoms with Crippen LogP contribution < -0.4 is 0 Å². The van der Waals surface area contributed by atoms with Gasteiger partial charge in [0.2, 0.25) is 0 Å². The molecule has 0 aliphatic rings. The van der Waals surface area contributed by atoms with Gasteiger partial charge in [-0.25, -0.2) is 4.98 Å². The summed E-state index contributed by atoms with van der Waals surface area (Å²) >= 11 is 0. The lowest BCUT2D eigenvalue weighted by Crippen LogP contribution is -1.94. The third kappa shape index (κ3) is 3.89. The van der Waals surface area contributed by atoms with E-state index in [-0.39, 0.29) is 0 Å². The minimum atomic E-state index is 0.837. The first-order valence-corrected chi connectivity index (χ1v) is 9.92. The van der Waals surface area contributed by atoms with Crippen LogP contribution in [0.2, 0.25) is 0 Å². The fraction of sp³-hybridized carbons (Fsp3) is 0.0385. The molecule has 0 amide bonds. The molecule has 0 saturated heterocycles. The Morgan fingerprint density at radius 1 is 0.600 bits per heavy atom. The molecule has 0 radical (unpaired) electrons. The van der Waals surface area contributed by atoms with Crippen molar-refractivity contribution >= 4 is 0 Å². The molecule has 4 aromatic heterocycles. The van der Waals surface area contributed by atoms with Crippen molar-refractivity contribution in [1.82, 2.24) is 19.9 Å². The highest BCUT2D eigenvalue weighted by atomic mass is 14.8. The van der Waals surface area contributed by atoms with Crippen LogP contribution >= 0.6 is 0 Å². The molecule has 0 spiro atoms. The van der Waals surface area contributed by atoms with Crippen molar-refractivity contribution in [3.63, 3.8) is 0 Å². The SMILES string of the molecule is c1ccc(-c2cc(-c3ccc(Cc4ccc[nH]4)cc3)cc(-c3ccccn3)n2)nc1. The Kier molecular flexibility index (Phi) is 4.88. The smallest absolute Gasteiger partial charge is 0.0900 e. The van der Waals surface area contributed by atoms with Crippen LogP contribution in [0, 0.1) is 0 Å². The third-order valence-electron chi connectivity index (χ3n) is 5.02. The van der Waals surface area contributed by atoms with E-state index in [9.17, 15) is 0 Å². The Morgan fingerprint density at radius 2 is 1.27 bits per heavy atom. The van der Waals surface area contributed by atoms with E-state index in [1.54, 1.807) is 12.4 Å². The van der Waals surface area contributed by atoms with Gasteiger partial charge in [0.25, 0.3) is 0 Å². The number of hydrogen-bond donors (Lipinski definition) is 1. The highest BCUT2D eigenvalue weighted by molar-refractivity contribution is 5.74. The van der Waals surface area contributed by atoms with Crippen LogP contribution in [0.25, 0.3) is 33.9 Å². The molecule has 4 heterocycles. The van der Waals surface area contributed by atoms with Gasteiger partial charge < -0.3 is 4.98 Å². The largest absolute Gasteiger partial charge is 0.365 e. The minimum absolute atomic E-state index is 0.837. The van der Waals surface area contributed by atoms with Crippen LogP contribution in [0.4, 0.5) is 0 Å². The summed E-state index contributed by atoms with van der Waals surface area (Å²) in [5, 5.41) is 0. The van der Waals surface area contributed by atoms with Gasteiger partial charge in [0.05, 0.1) is 22.8 Å². The topological polar surface area (TPSA) is 54.5 Å². The standard InChI is InChI=1S/C26H20N4/c1-3-13-28-23(7-1)25-17-21(18-26(30-25)24-8-2-4-14-29-24)20-11-9-19(10-12-20)16-22-6-5-15-27-22/h1-15,17-18,27H,16H2. The predicted molar refractivity (Wildman–Crippen MR) is 120 cm³/mol. The van der Waals surface area contributed by atoms with Gasteiger partial charge in [0.15, 0.2) is 0 Å². The van der Waals surface area contributed by atoms with Crippen molar-refractivity contribution in [3.05, 3.63) is 115 Å². The van der Waals surface area contributed by atoms with E-state index >= 15 is 0 Å². The molecule has 30 heavy (non-hydrogen) atoms. The van der Waals surface area contributed by atoms with Gasteiger partial charge in [-0.3, -0.25) is 9.97 Å². The van der Waals surface area contributed by atoms with Gasteiger partial charge in [0, 0.05) is 30.7 Å². The van der Waals surface area contributed by atoms with Gasteiger partial charge in [-0.1, -0.05) is 36.4 Å². The molecule has 0 aliphatic heterocycles. The highest BCUT2D eigenvalue weighted by Gasteiger charge is 2.10. The Bertz CT molecular complexity index is 1170. The van der Waals surface area contributed by atoms with Crippen LogP contribution in [0.1, 0.15) is 11.3 Å². The molecule has 4 nitrogen and oxygen atoms in total. The summed E-state index contributed by atoms with van der Waals surface area (Å²) in [6, 6.07) is 28.7. The summed E-state index contributed by atoms with van der Waals surface area (Å²) in [5.41, 5.74) is 8.08. The van der Waals surface area contributed by atoms with E-state index in [1.165, 1.54) is 11.3 Å². The molecule has 5 aromatic rings. The van der Waals surface area contributed by atoms with E-state index in [1.807, 2.05) is 48.7 Å². The fourth-order valence-corrected chi connectivity index (χ4v) is 3.50. The third-order valence-corrected chi connectivity index (χ3v) is 5.02. The zero-order valence-corrected chi connectivity index (χ0v) is 16.4. The van der Waals surface area contributed by atoms with Gasteiger partial charge in [-0.05, 0) is 65.2 Å². The zero-order chi connectivity index (χ0) is 20.2. The van der Waals surface area contributed by atoms with Gasteiger partial charge >= 0.3 is 0 Å². The van der Waals surface area contributed by atoms with Crippen molar-refractivity contribution in [2.45, 2.75) is 6.42 Å². The predicted octanol–water partition coefficient (Wildman–Crippen LogP) is 5.79. The molecule has 144 valence electrons. The lowest BCUT2D eigenvalue weighted by atomic mass is 10.00. The first kappa shape index (κ1) is 18.0. The maximum atomic E-state index is 4.84. The van der Waals surface area contributed by atoms with Crippen LogP contribution in [0.5, 0.6) is 0 Å². The maximum absolute atomic E-state index is 4.84. The van der Waals surface area contributed by atoms with Crippen molar-refractivity contribution in [2.24, 2.45) is 0 Å². The molecule has 0 aliphatic carbocycles. The number of H-pyrrole nitrogens is 1. The van der Waals surface area contributed by atoms with E-state index in [2.05, 4.69) is 57.4 Å². The molecule has 0 bridgehead atoms. The number of nitrogens with one attached hydrogen (secondary N) is 1. The summed E-state index contributed by atoms with van der Waals surface area (Å²) in [4.78, 5) is 17.1. The lowest BCUT2D eigenvalue weighted by Gasteiger charge is -2.10. The Labute approximate surface area is 175 Å².